The summed E-state index contributed by atoms with van der Waals surface area (Å²) in [7, 11) is -3.84. The number of hydrogen-bond acceptors (Lipinski definition) is 4. The number of nitrogens with zero attached hydrogens (tertiary/aromatic N) is 1. The van der Waals surface area contributed by atoms with E-state index in [1.807, 2.05) is 4.72 Å². The van der Waals surface area contributed by atoms with Crippen LogP contribution in [0.1, 0.15) is 26.7 Å². The average molecular weight is 285 g/mol. The van der Waals surface area contributed by atoms with Gasteiger partial charge in [-0.2, -0.15) is 12.7 Å². The Balaban J connectivity index is 2.58. The van der Waals surface area contributed by atoms with Crippen molar-refractivity contribution in [3.8, 4) is 0 Å². The Morgan fingerprint density at radius 1 is 1.53 bits per heavy atom. The van der Waals surface area contributed by atoms with Crippen LogP contribution in [0, 0.1) is 0 Å². The van der Waals surface area contributed by atoms with E-state index in [0.29, 0.717) is 13.0 Å². The lowest BCUT2D eigenvalue weighted by Gasteiger charge is -2.28. The maximum Gasteiger partial charge on any atom is 0.422 e. The van der Waals surface area contributed by atoms with Crippen LogP contribution in [-0.4, -0.2) is 43.4 Å². The van der Waals surface area contributed by atoms with Crippen molar-refractivity contribution in [2.24, 2.45) is 0 Å². The Morgan fingerprint density at radius 3 is 2.71 bits per heavy atom. The standard InChI is InChI=1S/C9H17ClN2O4S/c1-7(2)16-9(13)11-17(14,15)12-5-3-4-8(10)6-12/h7-8H,3-6H2,1-2H3,(H,11,13). The number of hydrogen-bond donors (Lipinski definition) is 1. The average Bonchev–Trinajstić information content (AvgIpc) is 2.15. The SMILES string of the molecule is CC(C)OC(=O)NS(=O)(=O)N1CCCC(Cl)C1. The fourth-order valence-electron chi connectivity index (χ4n) is 1.52. The van der Waals surface area contributed by atoms with Gasteiger partial charge in [-0.1, -0.05) is 0 Å². The van der Waals surface area contributed by atoms with E-state index in [9.17, 15) is 13.2 Å². The zero-order chi connectivity index (χ0) is 13.1. The minimum Gasteiger partial charge on any atom is -0.446 e. The lowest BCUT2D eigenvalue weighted by molar-refractivity contribution is 0.121. The van der Waals surface area contributed by atoms with E-state index >= 15 is 0 Å². The van der Waals surface area contributed by atoms with Gasteiger partial charge in [-0.15, -0.1) is 11.6 Å². The van der Waals surface area contributed by atoms with Crippen LogP contribution in [0.4, 0.5) is 4.79 Å². The minimum atomic E-state index is -3.84. The Hall–Kier alpha value is -0.530. The molecule has 0 aromatic rings. The summed E-state index contributed by atoms with van der Waals surface area (Å²) in [6.45, 7) is 3.86. The van der Waals surface area contributed by atoms with Gasteiger partial charge in [0, 0.05) is 18.5 Å². The molecule has 17 heavy (non-hydrogen) atoms. The Kier molecular flexibility index (Phi) is 5.03. The highest BCUT2D eigenvalue weighted by molar-refractivity contribution is 7.87. The number of nitrogens with one attached hydrogen (secondary N) is 1. The van der Waals surface area contributed by atoms with Gasteiger partial charge in [0.2, 0.25) is 0 Å². The largest absolute Gasteiger partial charge is 0.446 e. The van der Waals surface area contributed by atoms with Crippen molar-refractivity contribution in [2.75, 3.05) is 13.1 Å². The summed E-state index contributed by atoms with van der Waals surface area (Å²) < 4.78 is 31.3. The van der Waals surface area contributed by atoms with E-state index in [1.54, 1.807) is 13.8 Å². The van der Waals surface area contributed by atoms with Crippen molar-refractivity contribution >= 4 is 27.9 Å². The molecule has 100 valence electrons. The highest BCUT2D eigenvalue weighted by atomic mass is 35.5. The predicted molar refractivity (Wildman–Crippen MR) is 64.1 cm³/mol. The van der Waals surface area contributed by atoms with E-state index in [1.165, 1.54) is 0 Å². The fourth-order valence-corrected chi connectivity index (χ4v) is 3.06. The van der Waals surface area contributed by atoms with Crippen molar-refractivity contribution in [2.45, 2.75) is 38.2 Å². The first kappa shape index (κ1) is 14.5. The number of halogens is 1. The third-order valence-electron chi connectivity index (χ3n) is 2.22. The fraction of sp³-hybridized carbons (Fsp3) is 0.889. The number of carbonyl (C=O) groups excluding carboxylic acids is 1. The quantitative estimate of drug-likeness (QED) is 0.787. The second kappa shape index (κ2) is 5.88. The molecule has 1 amide bonds. The molecule has 1 atom stereocenters. The molecule has 6 nitrogen and oxygen atoms in total. The van der Waals surface area contributed by atoms with Gasteiger partial charge in [-0.25, -0.2) is 9.52 Å². The summed E-state index contributed by atoms with van der Waals surface area (Å²) in [6, 6.07) is 0. The number of piperidine rings is 1. The highest BCUT2D eigenvalue weighted by Gasteiger charge is 2.29. The van der Waals surface area contributed by atoms with Crippen LogP contribution in [0.15, 0.2) is 0 Å². The molecule has 1 fully saturated rings. The second-order valence-corrected chi connectivity index (χ2v) is 6.45. The summed E-state index contributed by atoms with van der Waals surface area (Å²) in [4.78, 5) is 11.2. The van der Waals surface area contributed by atoms with Crippen LogP contribution in [0.2, 0.25) is 0 Å². The van der Waals surface area contributed by atoms with E-state index in [2.05, 4.69) is 0 Å². The second-order valence-electron chi connectivity index (χ2n) is 4.16. The van der Waals surface area contributed by atoms with Crippen LogP contribution >= 0.6 is 11.6 Å². The summed E-state index contributed by atoms with van der Waals surface area (Å²) >= 11 is 5.89. The van der Waals surface area contributed by atoms with Crippen LogP contribution in [0.3, 0.4) is 0 Å². The molecule has 8 heteroatoms. The third-order valence-corrected chi connectivity index (χ3v) is 4.01. The molecule has 0 saturated carbocycles. The Morgan fingerprint density at radius 2 is 2.18 bits per heavy atom. The molecule has 0 bridgehead atoms. The molecular weight excluding hydrogens is 268 g/mol. The molecule has 1 aliphatic rings. The van der Waals surface area contributed by atoms with Gasteiger partial charge >= 0.3 is 16.3 Å². The summed E-state index contributed by atoms with van der Waals surface area (Å²) in [5, 5.41) is -0.207. The van der Waals surface area contributed by atoms with E-state index in [4.69, 9.17) is 16.3 Å². The summed E-state index contributed by atoms with van der Waals surface area (Å²) in [5.41, 5.74) is 0. The normalized spacial score (nSPS) is 22.5. The van der Waals surface area contributed by atoms with E-state index in [-0.39, 0.29) is 18.0 Å². The molecule has 1 saturated heterocycles. The molecule has 0 radical (unpaired) electrons. The van der Waals surface area contributed by atoms with Crippen molar-refractivity contribution < 1.29 is 17.9 Å². The van der Waals surface area contributed by atoms with Gasteiger partial charge in [0.05, 0.1) is 6.10 Å². The first-order valence-corrected chi connectivity index (χ1v) is 7.31. The first-order valence-electron chi connectivity index (χ1n) is 5.44. The molecule has 1 N–H and O–H groups in total. The van der Waals surface area contributed by atoms with Crippen LogP contribution in [0.25, 0.3) is 0 Å². The number of ether oxygens (including phenoxy) is 1. The number of carbonyl (C=O) groups is 1. The van der Waals surface area contributed by atoms with Crippen molar-refractivity contribution in [1.29, 1.82) is 0 Å². The molecule has 0 aromatic carbocycles. The van der Waals surface area contributed by atoms with Crippen molar-refractivity contribution in [1.82, 2.24) is 9.03 Å². The zero-order valence-corrected chi connectivity index (χ0v) is 11.4. The molecule has 1 unspecified atom stereocenters. The Labute approximate surface area is 106 Å². The van der Waals surface area contributed by atoms with Crippen LogP contribution < -0.4 is 4.72 Å². The molecule has 1 rings (SSSR count). The van der Waals surface area contributed by atoms with Crippen LogP contribution in [0.5, 0.6) is 0 Å². The number of rotatable bonds is 3. The van der Waals surface area contributed by atoms with Crippen LogP contribution in [-0.2, 0) is 14.9 Å². The monoisotopic (exact) mass is 284 g/mol. The minimum absolute atomic E-state index is 0.207. The van der Waals surface area contributed by atoms with Gasteiger partial charge in [-0.05, 0) is 26.7 Å². The maximum atomic E-state index is 11.8. The molecule has 1 aliphatic heterocycles. The smallest absolute Gasteiger partial charge is 0.422 e. The molecule has 0 aliphatic carbocycles. The van der Waals surface area contributed by atoms with E-state index in [0.717, 1.165) is 10.7 Å². The molecule has 1 heterocycles. The third kappa shape index (κ3) is 4.69. The summed E-state index contributed by atoms with van der Waals surface area (Å²) in [6.07, 6.45) is 0.141. The van der Waals surface area contributed by atoms with Crippen molar-refractivity contribution in [3.63, 3.8) is 0 Å². The first-order chi connectivity index (χ1) is 7.81. The molecule has 0 aromatic heterocycles. The lowest BCUT2D eigenvalue weighted by atomic mass is 10.2. The van der Waals surface area contributed by atoms with E-state index < -0.39 is 16.3 Å². The van der Waals surface area contributed by atoms with Gasteiger partial charge in [0.1, 0.15) is 0 Å². The van der Waals surface area contributed by atoms with Gasteiger partial charge in [0.25, 0.3) is 0 Å². The van der Waals surface area contributed by atoms with Crippen molar-refractivity contribution in [3.05, 3.63) is 0 Å². The topological polar surface area (TPSA) is 75.7 Å². The summed E-state index contributed by atoms with van der Waals surface area (Å²) in [5.74, 6) is 0. The lowest BCUT2D eigenvalue weighted by Crippen LogP contribution is -2.48. The number of amides is 1. The molecule has 0 spiro atoms. The van der Waals surface area contributed by atoms with Gasteiger partial charge < -0.3 is 4.74 Å². The Bertz CT molecular complexity index is 371. The highest BCUT2D eigenvalue weighted by Crippen LogP contribution is 2.17. The van der Waals surface area contributed by atoms with Gasteiger partial charge in [0.15, 0.2) is 0 Å². The zero-order valence-electron chi connectivity index (χ0n) is 9.85. The maximum absolute atomic E-state index is 11.8. The number of alkyl halides is 1. The van der Waals surface area contributed by atoms with Gasteiger partial charge in [-0.3, -0.25) is 0 Å². The predicted octanol–water partition coefficient (Wildman–Crippen LogP) is 1.07. The molecular formula is C9H17ClN2O4S.